The Morgan fingerprint density at radius 1 is 0.808 bits per heavy atom. The average Bonchev–Trinajstić information content (AvgIpc) is 2.95. The number of hydrogen-bond donors (Lipinski definition) is 0. The topological polar surface area (TPSA) is 23.1 Å². The van der Waals surface area contributed by atoms with Crippen molar-refractivity contribution < 1.29 is 5.21 Å². The minimum atomic E-state index is -0.445. The van der Waals surface area contributed by atoms with Crippen molar-refractivity contribution in [1.29, 1.82) is 0 Å². The zero-order valence-corrected chi connectivity index (χ0v) is 16.9. The summed E-state index contributed by atoms with van der Waals surface area (Å²) in [5.41, 5.74) is 8.38. The van der Waals surface area contributed by atoms with Crippen molar-refractivity contribution in [2.45, 2.75) is 64.8 Å². The van der Waals surface area contributed by atoms with Gasteiger partial charge in [-0.15, -0.1) is 0 Å². The normalized spacial score (nSPS) is 19.2. The van der Waals surface area contributed by atoms with Crippen LogP contribution in [0.5, 0.6) is 0 Å². The van der Waals surface area contributed by atoms with Gasteiger partial charge in [0.2, 0.25) is 0 Å². The van der Waals surface area contributed by atoms with E-state index in [4.69, 9.17) is 0 Å². The molecule has 0 unspecified atom stereocenters. The predicted octanol–water partition coefficient (Wildman–Crippen LogP) is 6.02. The van der Waals surface area contributed by atoms with E-state index in [-0.39, 0.29) is 10.8 Å². The third-order valence-electron chi connectivity index (χ3n) is 6.16. The molecule has 1 radical (unpaired) electrons. The molecule has 0 bridgehead atoms. The number of hydrogen-bond acceptors (Lipinski definition) is 1. The van der Waals surface area contributed by atoms with Crippen LogP contribution in [0.15, 0.2) is 48.0 Å². The van der Waals surface area contributed by atoms with Gasteiger partial charge in [0.05, 0.1) is 11.2 Å². The molecule has 0 N–H and O–H groups in total. The molecule has 0 heterocycles. The smallest absolute Gasteiger partial charge is 0.0677 e. The van der Waals surface area contributed by atoms with Crippen molar-refractivity contribution in [3.63, 3.8) is 0 Å². The molecule has 2 nitrogen and oxygen atoms in total. The van der Waals surface area contributed by atoms with E-state index in [0.717, 1.165) is 10.8 Å². The number of benzene rings is 2. The van der Waals surface area contributed by atoms with E-state index in [9.17, 15) is 5.21 Å². The first-order chi connectivity index (χ1) is 12.0. The van der Waals surface area contributed by atoms with Crippen LogP contribution in [0, 0.1) is 0 Å². The molecule has 0 saturated carbocycles. The predicted molar refractivity (Wildman–Crippen MR) is 108 cm³/mol. The van der Waals surface area contributed by atoms with E-state index in [2.05, 4.69) is 64.1 Å². The van der Waals surface area contributed by atoms with Gasteiger partial charge in [0.25, 0.3) is 0 Å². The highest BCUT2D eigenvalue weighted by Crippen LogP contribution is 2.61. The van der Waals surface area contributed by atoms with Crippen molar-refractivity contribution in [3.8, 4) is 0 Å². The molecule has 2 aliphatic carbocycles. The molecule has 0 spiro atoms. The zero-order chi connectivity index (χ0) is 19.1. The molecule has 2 aliphatic rings. The number of hydroxylamine groups is 1. The highest BCUT2D eigenvalue weighted by Gasteiger charge is 2.50. The van der Waals surface area contributed by atoms with Gasteiger partial charge in [0, 0.05) is 10.8 Å². The first-order valence-electron chi connectivity index (χ1n) is 9.45. The average molecular weight is 346 g/mol. The standard InChI is InChI=1S/C24H28NO/c1-22(2,3)25(26)15-12-13-17-19(14-15)24(6,7)21-20(17)16-10-8-9-11-18(16)23(21,4)5/h8-14H,1-7H3. The first kappa shape index (κ1) is 17.4. The van der Waals surface area contributed by atoms with Crippen LogP contribution in [0.2, 0.25) is 0 Å². The lowest BCUT2D eigenvalue weighted by atomic mass is 9.68. The van der Waals surface area contributed by atoms with Crippen molar-refractivity contribution >= 4 is 11.3 Å². The number of allylic oxidation sites excluding steroid dienone is 1. The van der Waals surface area contributed by atoms with Gasteiger partial charge in [-0.05, 0) is 66.3 Å². The quantitative estimate of drug-likeness (QED) is 0.579. The highest BCUT2D eigenvalue weighted by molar-refractivity contribution is 5.96. The lowest BCUT2D eigenvalue weighted by molar-refractivity contribution is 0.102. The molecule has 0 saturated heterocycles. The highest BCUT2D eigenvalue weighted by atomic mass is 16.5. The van der Waals surface area contributed by atoms with Crippen LogP contribution >= 0.6 is 0 Å². The van der Waals surface area contributed by atoms with E-state index < -0.39 is 5.54 Å². The van der Waals surface area contributed by atoms with E-state index in [1.165, 1.54) is 33.4 Å². The van der Waals surface area contributed by atoms with E-state index in [1.54, 1.807) is 0 Å². The van der Waals surface area contributed by atoms with Gasteiger partial charge < -0.3 is 0 Å². The first-order valence-corrected chi connectivity index (χ1v) is 9.45. The van der Waals surface area contributed by atoms with Crippen molar-refractivity contribution in [2.75, 3.05) is 5.06 Å². The Labute approximate surface area is 157 Å². The second-order valence-corrected chi connectivity index (χ2v) is 9.74. The van der Waals surface area contributed by atoms with Gasteiger partial charge in [0.15, 0.2) is 0 Å². The summed E-state index contributed by atoms with van der Waals surface area (Å²) < 4.78 is 0. The Morgan fingerprint density at radius 3 is 2.04 bits per heavy atom. The Hall–Kier alpha value is -2.06. The van der Waals surface area contributed by atoms with Crippen LogP contribution in [0.1, 0.15) is 70.7 Å². The lowest BCUT2D eigenvalue weighted by Gasteiger charge is -2.36. The van der Waals surface area contributed by atoms with Crippen LogP contribution in [-0.4, -0.2) is 5.54 Å². The molecule has 0 aliphatic heterocycles. The van der Waals surface area contributed by atoms with E-state index in [1.807, 2.05) is 26.8 Å². The third kappa shape index (κ3) is 2.08. The van der Waals surface area contributed by atoms with Crippen molar-refractivity contribution in [3.05, 3.63) is 70.3 Å². The molecule has 2 heteroatoms. The fraction of sp³-hybridized carbons (Fsp3) is 0.417. The zero-order valence-electron chi connectivity index (χ0n) is 16.9. The Bertz CT molecular complexity index is 941. The molecular weight excluding hydrogens is 318 g/mol. The number of anilines is 1. The van der Waals surface area contributed by atoms with Gasteiger partial charge >= 0.3 is 0 Å². The SMILES string of the molecule is CC1(C)C2=C(c3ccccc31)c1ccc(N([O])C(C)(C)C)cc1C2(C)C. The number of nitrogens with zero attached hydrogens (tertiary/aromatic N) is 1. The molecule has 0 atom stereocenters. The van der Waals surface area contributed by atoms with Gasteiger partial charge in [-0.2, -0.15) is 0 Å². The molecule has 26 heavy (non-hydrogen) atoms. The van der Waals surface area contributed by atoms with Crippen LogP contribution in [0.3, 0.4) is 0 Å². The molecule has 2 aromatic rings. The molecule has 0 aromatic heterocycles. The summed E-state index contributed by atoms with van der Waals surface area (Å²) in [6, 6.07) is 15.0. The third-order valence-corrected chi connectivity index (χ3v) is 6.16. The second kappa shape index (κ2) is 5.01. The van der Waals surface area contributed by atoms with Crippen molar-refractivity contribution in [2.24, 2.45) is 0 Å². The van der Waals surface area contributed by atoms with Crippen molar-refractivity contribution in [1.82, 2.24) is 0 Å². The van der Waals surface area contributed by atoms with E-state index >= 15 is 0 Å². The Kier molecular flexibility index (Phi) is 3.35. The molecule has 135 valence electrons. The van der Waals surface area contributed by atoms with Gasteiger partial charge in [0.1, 0.15) is 0 Å². The molecule has 0 amide bonds. The van der Waals surface area contributed by atoms with E-state index in [0.29, 0.717) is 0 Å². The Balaban J connectivity index is 1.94. The molecule has 2 aromatic carbocycles. The van der Waals surface area contributed by atoms with Crippen LogP contribution in [-0.2, 0) is 16.0 Å². The molecule has 4 rings (SSSR count). The molecule has 0 fully saturated rings. The minimum absolute atomic E-state index is 0.00418. The van der Waals surface area contributed by atoms with Crippen LogP contribution < -0.4 is 5.06 Å². The Morgan fingerprint density at radius 2 is 1.38 bits per heavy atom. The lowest BCUT2D eigenvalue weighted by Crippen LogP contribution is -2.37. The van der Waals surface area contributed by atoms with Gasteiger partial charge in [-0.25, -0.2) is 5.06 Å². The van der Waals surface area contributed by atoms with Crippen LogP contribution in [0.25, 0.3) is 5.57 Å². The summed E-state index contributed by atoms with van der Waals surface area (Å²) in [7, 11) is 0. The summed E-state index contributed by atoms with van der Waals surface area (Å²) in [6.07, 6.45) is 0. The number of rotatable bonds is 1. The summed E-state index contributed by atoms with van der Waals surface area (Å²) >= 11 is 0. The van der Waals surface area contributed by atoms with Gasteiger partial charge in [-0.1, -0.05) is 63.2 Å². The fourth-order valence-electron chi connectivity index (χ4n) is 5.12. The fourth-order valence-corrected chi connectivity index (χ4v) is 5.12. The summed E-state index contributed by atoms with van der Waals surface area (Å²) in [5.74, 6) is 0. The largest absolute Gasteiger partial charge is 0.215 e. The maximum absolute atomic E-state index is 12.8. The molecular formula is C24H28NO. The summed E-state index contributed by atoms with van der Waals surface area (Å²) in [4.78, 5) is 0. The maximum atomic E-state index is 12.8. The second-order valence-electron chi connectivity index (χ2n) is 9.74. The van der Waals surface area contributed by atoms with Gasteiger partial charge in [-0.3, -0.25) is 0 Å². The summed E-state index contributed by atoms with van der Waals surface area (Å²) in [5, 5.41) is 13.9. The minimum Gasteiger partial charge on any atom is -0.215 e. The van der Waals surface area contributed by atoms with Crippen LogP contribution in [0.4, 0.5) is 5.69 Å². The summed E-state index contributed by atoms with van der Waals surface area (Å²) in [6.45, 7) is 15.1. The number of fused-ring (bicyclic) bond motifs is 4. The monoisotopic (exact) mass is 346 g/mol. The maximum Gasteiger partial charge on any atom is 0.0677 e.